The molecule has 0 N–H and O–H groups in total. The van der Waals surface area contributed by atoms with Gasteiger partial charge in [0.1, 0.15) is 10.7 Å². The zero-order valence-corrected chi connectivity index (χ0v) is 16.2. The number of nitrogens with zero attached hydrogens (tertiary/aromatic N) is 1. The van der Waals surface area contributed by atoms with E-state index < -0.39 is 5.97 Å². The summed E-state index contributed by atoms with van der Waals surface area (Å²) in [6.07, 6.45) is 0. The highest BCUT2D eigenvalue weighted by Crippen LogP contribution is 2.27. The van der Waals surface area contributed by atoms with E-state index in [2.05, 4.69) is 0 Å². The number of thiophene rings is 1. The Morgan fingerprint density at radius 2 is 1.96 bits per heavy atom. The molecule has 2 aromatic heterocycles. The maximum absolute atomic E-state index is 13.3. The van der Waals surface area contributed by atoms with Gasteiger partial charge in [0.25, 0.3) is 0 Å². The SMILES string of the molecule is COCCn1c(C)cc(C(=O)COC(=O)c2cc3cc(F)ccc3s2)c1C. The molecule has 0 bridgehead atoms. The predicted molar refractivity (Wildman–Crippen MR) is 102 cm³/mol. The first-order valence-corrected chi connectivity index (χ1v) is 9.27. The van der Waals surface area contributed by atoms with Crippen molar-refractivity contribution in [2.24, 2.45) is 0 Å². The van der Waals surface area contributed by atoms with Crippen molar-refractivity contribution in [3.05, 3.63) is 58.0 Å². The van der Waals surface area contributed by atoms with Crippen LogP contribution in [0.2, 0.25) is 0 Å². The minimum atomic E-state index is -0.585. The van der Waals surface area contributed by atoms with Crippen molar-refractivity contribution in [3.8, 4) is 0 Å². The fourth-order valence-electron chi connectivity index (χ4n) is 3.00. The quantitative estimate of drug-likeness (QED) is 0.450. The van der Waals surface area contributed by atoms with Gasteiger partial charge in [-0.1, -0.05) is 0 Å². The molecule has 27 heavy (non-hydrogen) atoms. The lowest BCUT2D eigenvalue weighted by molar-refractivity contribution is 0.0479. The molecule has 0 fully saturated rings. The normalized spacial score (nSPS) is 11.1. The molecular weight excluding hydrogens is 369 g/mol. The van der Waals surface area contributed by atoms with Crippen LogP contribution in [0.5, 0.6) is 0 Å². The molecule has 2 heterocycles. The second-order valence-electron chi connectivity index (χ2n) is 6.22. The molecule has 1 aromatic carbocycles. The van der Waals surface area contributed by atoms with E-state index in [1.165, 1.54) is 23.5 Å². The van der Waals surface area contributed by atoms with Crippen molar-refractivity contribution in [1.82, 2.24) is 4.57 Å². The number of rotatable bonds is 7. The zero-order valence-electron chi connectivity index (χ0n) is 15.4. The maximum Gasteiger partial charge on any atom is 0.348 e. The van der Waals surface area contributed by atoms with Crippen LogP contribution in [-0.2, 0) is 16.0 Å². The Bertz CT molecular complexity index is 1000. The number of esters is 1. The van der Waals surface area contributed by atoms with E-state index in [9.17, 15) is 14.0 Å². The summed E-state index contributed by atoms with van der Waals surface area (Å²) < 4.78 is 26.3. The van der Waals surface area contributed by atoms with Crippen LogP contribution in [0.3, 0.4) is 0 Å². The van der Waals surface area contributed by atoms with Crippen LogP contribution in [0, 0.1) is 19.7 Å². The summed E-state index contributed by atoms with van der Waals surface area (Å²) in [5.41, 5.74) is 2.31. The van der Waals surface area contributed by atoms with Gasteiger partial charge in [0.05, 0.1) is 6.61 Å². The first-order valence-electron chi connectivity index (χ1n) is 8.45. The van der Waals surface area contributed by atoms with E-state index in [-0.39, 0.29) is 18.2 Å². The lowest BCUT2D eigenvalue weighted by atomic mass is 10.1. The molecule has 7 heteroatoms. The summed E-state index contributed by atoms with van der Waals surface area (Å²) in [4.78, 5) is 25.1. The Balaban J connectivity index is 1.68. The number of aromatic nitrogens is 1. The summed E-state index contributed by atoms with van der Waals surface area (Å²) in [5.74, 6) is -1.20. The molecule has 142 valence electrons. The number of hydrogen-bond donors (Lipinski definition) is 0. The molecule has 0 amide bonds. The molecule has 5 nitrogen and oxygen atoms in total. The highest BCUT2D eigenvalue weighted by atomic mass is 32.1. The third-order valence-corrected chi connectivity index (χ3v) is 5.50. The summed E-state index contributed by atoms with van der Waals surface area (Å²) >= 11 is 1.21. The van der Waals surface area contributed by atoms with Crippen LogP contribution in [0.1, 0.15) is 31.4 Å². The van der Waals surface area contributed by atoms with Crippen molar-refractivity contribution in [1.29, 1.82) is 0 Å². The van der Waals surface area contributed by atoms with Crippen LogP contribution in [0.4, 0.5) is 4.39 Å². The second-order valence-corrected chi connectivity index (χ2v) is 7.31. The van der Waals surface area contributed by atoms with Gasteiger partial charge in [0, 0.05) is 35.3 Å². The molecule has 3 aromatic rings. The van der Waals surface area contributed by atoms with Crippen LogP contribution >= 0.6 is 11.3 Å². The predicted octanol–water partition coefficient (Wildman–Crippen LogP) is 4.14. The number of halogens is 1. The average Bonchev–Trinajstić information content (AvgIpc) is 3.18. The van der Waals surface area contributed by atoms with Gasteiger partial charge in [-0.3, -0.25) is 4.79 Å². The summed E-state index contributed by atoms with van der Waals surface area (Å²) in [6.45, 7) is 4.64. The van der Waals surface area contributed by atoms with Crippen molar-refractivity contribution < 1.29 is 23.5 Å². The number of benzene rings is 1. The number of hydrogen-bond acceptors (Lipinski definition) is 5. The maximum atomic E-state index is 13.3. The van der Waals surface area contributed by atoms with Gasteiger partial charge in [0.2, 0.25) is 5.78 Å². The number of methoxy groups -OCH3 is 1. The van der Waals surface area contributed by atoms with Gasteiger partial charge in [-0.15, -0.1) is 11.3 Å². The van der Waals surface area contributed by atoms with E-state index in [0.29, 0.717) is 29.0 Å². The van der Waals surface area contributed by atoms with Gasteiger partial charge in [0.15, 0.2) is 6.61 Å². The monoisotopic (exact) mass is 389 g/mol. The molecule has 0 aliphatic carbocycles. The zero-order chi connectivity index (χ0) is 19.6. The van der Waals surface area contributed by atoms with Gasteiger partial charge in [-0.2, -0.15) is 0 Å². The molecule has 0 spiro atoms. The first-order chi connectivity index (χ1) is 12.9. The number of ether oxygens (including phenoxy) is 2. The fraction of sp³-hybridized carbons (Fsp3) is 0.300. The van der Waals surface area contributed by atoms with Gasteiger partial charge in [-0.25, -0.2) is 9.18 Å². The van der Waals surface area contributed by atoms with E-state index in [1.807, 2.05) is 18.4 Å². The number of carbonyl (C=O) groups is 2. The minimum absolute atomic E-state index is 0.257. The highest BCUT2D eigenvalue weighted by Gasteiger charge is 2.19. The second kappa shape index (κ2) is 8.02. The molecular formula is C20H20FNO4S. The molecule has 0 aliphatic rings. The van der Waals surface area contributed by atoms with Crippen molar-refractivity contribution in [3.63, 3.8) is 0 Å². The molecule has 0 radical (unpaired) electrons. The Morgan fingerprint density at radius 3 is 2.70 bits per heavy atom. The third-order valence-electron chi connectivity index (χ3n) is 4.41. The Morgan fingerprint density at radius 1 is 1.19 bits per heavy atom. The average molecular weight is 389 g/mol. The third kappa shape index (κ3) is 4.09. The van der Waals surface area contributed by atoms with Gasteiger partial charge < -0.3 is 14.0 Å². The number of ketones is 1. The first kappa shape index (κ1) is 19.3. The Kier molecular flexibility index (Phi) is 5.72. The molecule has 0 aliphatic heterocycles. The summed E-state index contributed by atoms with van der Waals surface area (Å²) in [6, 6.07) is 7.70. The fourth-order valence-corrected chi connectivity index (χ4v) is 3.94. The van der Waals surface area contributed by atoms with Crippen LogP contribution in [0.15, 0.2) is 30.3 Å². The van der Waals surface area contributed by atoms with E-state index in [0.717, 1.165) is 16.1 Å². The summed E-state index contributed by atoms with van der Waals surface area (Å²) in [7, 11) is 1.63. The van der Waals surface area contributed by atoms with Crippen molar-refractivity contribution >= 4 is 33.2 Å². The van der Waals surface area contributed by atoms with E-state index in [1.54, 1.807) is 25.3 Å². The van der Waals surface area contributed by atoms with E-state index >= 15 is 0 Å². The Hall–Kier alpha value is -2.51. The molecule has 3 rings (SSSR count). The lowest BCUT2D eigenvalue weighted by Gasteiger charge is -2.08. The number of fused-ring (bicyclic) bond motifs is 1. The molecule has 0 atom stereocenters. The topological polar surface area (TPSA) is 57.5 Å². The highest BCUT2D eigenvalue weighted by molar-refractivity contribution is 7.20. The van der Waals surface area contributed by atoms with Gasteiger partial charge >= 0.3 is 5.97 Å². The Labute approximate surface area is 160 Å². The van der Waals surface area contributed by atoms with Crippen LogP contribution < -0.4 is 0 Å². The lowest BCUT2D eigenvalue weighted by Crippen LogP contribution is -2.15. The minimum Gasteiger partial charge on any atom is -0.453 e. The summed E-state index contributed by atoms with van der Waals surface area (Å²) in [5, 5.41) is 0.639. The van der Waals surface area contributed by atoms with Crippen molar-refractivity contribution in [2.75, 3.05) is 20.3 Å². The smallest absolute Gasteiger partial charge is 0.348 e. The van der Waals surface area contributed by atoms with E-state index in [4.69, 9.17) is 9.47 Å². The van der Waals surface area contributed by atoms with Crippen LogP contribution in [-0.4, -0.2) is 36.6 Å². The molecule has 0 saturated carbocycles. The van der Waals surface area contributed by atoms with Crippen molar-refractivity contribution in [2.45, 2.75) is 20.4 Å². The number of aryl methyl sites for hydroxylation is 1. The molecule has 0 saturated heterocycles. The number of carbonyl (C=O) groups excluding carboxylic acids is 2. The van der Waals surface area contributed by atoms with Crippen LogP contribution in [0.25, 0.3) is 10.1 Å². The standard InChI is InChI=1S/C20H20FNO4S/c1-12-8-16(13(2)22(12)6-7-25-3)17(23)11-26-20(24)19-10-14-9-15(21)4-5-18(14)27-19/h4-5,8-10H,6-7,11H2,1-3H3. The number of Topliss-reactive ketones (excluding diaryl/α,β-unsaturated/α-hetero) is 1. The van der Waals surface area contributed by atoms with Gasteiger partial charge in [-0.05, 0) is 49.6 Å². The molecule has 0 unspecified atom stereocenters. The largest absolute Gasteiger partial charge is 0.453 e.